The Kier molecular flexibility index (Phi) is 1.77. The zero-order chi connectivity index (χ0) is 9.47. The van der Waals surface area contributed by atoms with Crippen LogP contribution in [0, 0.1) is 5.82 Å². The Hall–Kier alpha value is -1.09. The van der Waals surface area contributed by atoms with Crippen LogP contribution in [0.5, 0.6) is 0 Å². The van der Waals surface area contributed by atoms with Crippen molar-refractivity contribution in [2.75, 3.05) is 5.73 Å². The SMILES string of the molecule is Nc1cc(CC2(O)CC2)ccc1F. The molecule has 0 saturated heterocycles. The predicted molar refractivity (Wildman–Crippen MR) is 48.7 cm³/mol. The van der Waals surface area contributed by atoms with Crippen molar-refractivity contribution in [2.24, 2.45) is 0 Å². The fourth-order valence-corrected chi connectivity index (χ4v) is 1.40. The Morgan fingerprint density at radius 1 is 1.46 bits per heavy atom. The lowest BCUT2D eigenvalue weighted by atomic mass is 10.1. The van der Waals surface area contributed by atoms with Crippen LogP contribution in [0.15, 0.2) is 18.2 Å². The lowest BCUT2D eigenvalue weighted by Gasteiger charge is -2.07. The molecule has 1 aromatic rings. The van der Waals surface area contributed by atoms with Crippen molar-refractivity contribution in [3.63, 3.8) is 0 Å². The highest BCUT2D eigenvalue weighted by atomic mass is 19.1. The van der Waals surface area contributed by atoms with E-state index in [0.717, 1.165) is 18.4 Å². The molecule has 1 aliphatic carbocycles. The highest BCUT2D eigenvalue weighted by molar-refractivity contribution is 5.43. The first-order valence-electron chi connectivity index (χ1n) is 4.35. The third kappa shape index (κ3) is 1.80. The Labute approximate surface area is 76.2 Å². The molecule has 0 radical (unpaired) electrons. The van der Waals surface area contributed by atoms with Crippen LogP contribution in [0.4, 0.5) is 10.1 Å². The van der Waals surface area contributed by atoms with E-state index in [1.807, 2.05) is 0 Å². The lowest BCUT2D eigenvalue weighted by Crippen LogP contribution is -2.10. The number of aliphatic hydroxyl groups is 1. The van der Waals surface area contributed by atoms with E-state index in [1.54, 1.807) is 12.1 Å². The standard InChI is InChI=1S/C10H12FNO/c11-8-2-1-7(5-9(8)12)6-10(13)3-4-10/h1-2,5,13H,3-4,6,12H2. The molecule has 1 aromatic carbocycles. The molecule has 0 amide bonds. The molecule has 0 aliphatic heterocycles. The van der Waals surface area contributed by atoms with Gasteiger partial charge < -0.3 is 10.8 Å². The number of hydrogen-bond acceptors (Lipinski definition) is 2. The van der Waals surface area contributed by atoms with Gasteiger partial charge in [-0.3, -0.25) is 0 Å². The van der Waals surface area contributed by atoms with Gasteiger partial charge in [0.05, 0.1) is 11.3 Å². The van der Waals surface area contributed by atoms with Gasteiger partial charge >= 0.3 is 0 Å². The molecule has 3 N–H and O–H groups in total. The van der Waals surface area contributed by atoms with Crippen molar-refractivity contribution in [1.82, 2.24) is 0 Å². The van der Waals surface area contributed by atoms with Gasteiger partial charge in [0.15, 0.2) is 0 Å². The van der Waals surface area contributed by atoms with Gasteiger partial charge in [-0.2, -0.15) is 0 Å². The fraction of sp³-hybridized carbons (Fsp3) is 0.400. The summed E-state index contributed by atoms with van der Waals surface area (Å²) >= 11 is 0. The predicted octanol–water partition coefficient (Wildman–Crippen LogP) is 1.48. The van der Waals surface area contributed by atoms with E-state index in [-0.39, 0.29) is 5.69 Å². The van der Waals surface area contributed by atoms with Crippen LogP contribution in [-0.2, 0) is 6.42 Å². The topological polar surface area (TPSA) is 46.2 Å². The third-order valence-electron chi connectivity index (χ3n) is 2.42. The molecule has 1 fully saturated rings. The number of anilines is 1. The quantitative estimate of drug-likeness (QED) is 0.679. The number of hydrogen-bond donors (Lipinski definition) is 2. The minimum absolute atomic E-state index is 0.154. The van der Waals surface area contributed by atoms with Crippen molar-refractivity contribution in [1.29, 1.82) is 0 Å². The first-order valence-corrected chi connectivity index (χ1v) is 4.35. The molecule has 0 aromatic heterocycles. The van der Waals surface area contributed by atoms with Crippen LogP contribution in [0.3, 0.4) is 0 Å². The zero-order valence-electron chi connectivity index (χ0n) is 7.26. The summed E-state index contributed by atoms with van der Waals surface area (Å²) < 4.78 is 12.8. The molecular formula is C10H12FNO. The summed E-state index contributed by atoms with van der Waals surface area (Å²) in [5.41, 5.74) is 5.92. The molecular weight excluding hydrogens is 169 g/mol. The highest BCUT2D eigenvalue weighted by Gasteiger charge is 2.40. The summed E-state index contributed by atoms with van der Waals surface area (Å²) in [5.74, 6) is -0.397. The smallest absolute Gasteiger partial charge is 0.146 e. The average molecular weight is 181 g/mol. The number of halogens is 1. The van der Waals surface area contributed by atoms with Crippen molar-refractivity contribution >= 4 is 5.69 Å². The Morgan fingerprint density at radius 3 is 2.69 bits per heavy atom. The van der Waals surface area contributed by atoms with E-state index in [0.29, 0.717) is 6.42 Å². The summed E-state index contributed by atoms with van der Waals surface area (Å²) in [4.78, 5) is 0. The number of nitrogen functional groups attached to an aromatic ring is 1. The van der Waals surface area contributed by atoms with E-state index in [9.17, 15) is 9.50 Å². The molecule has 0 spiro atoms. The van der Waals surface area contributed by atoms with Crippen LogP contribution < -0.4 is 5.73 Å². The number of benzene rings is 1. The van der Waals surface area contributed by atoms with E-state index < -0.39 is 11.4 Å². The van der Waals surface area contributed by atoms with Crippen LogP contribution in [-0.4, -0.2) is 10.7 Å². The molecule has 2 rings (SSSR count). The molecule has 0 atom stereocenters. The highest BCUT2D eigenvalue weighted by Crippen LogP contribution is 2.38. The lowest BCUT2D eigenvalue weighted by molar-refractivity contribution is 0.151. The van der Waals surface area contributed by atoms with Crippen molar-refractivity contribution in [3.05, 3.63) is 29.6 Å². The van der Waals surface area contributed by atoms with Gasteiger partial charge in [-0.15, -0.1) is 0 Å². The Balaban J connectivity index is 2.17. The van der Waals surface area contributed by atoms with E-state index in [1.165, 1.54) is 6.07 Å². The maximum Gasteiger partial charge on any atom is 0.146 e. The average Bonchev–Trinajstić information content (AvgIpc) is 2.76. The summed E-state index contributed by atoms with van der Waals surface area (Å²) in [6.45, 7) is 0. The van der Waals surface area contributed by atoms with Gasteiger partial charge in [-0.1, -0.05) is 6.07 Å². The first kappa shape index (κ1) is 8.51. The van der Waals surface area contributed by atoms with E-state index in [2.05, 4.69) is 0 Å². The molecule has 0 bridgehead atoms. The van der Waals surface area contributed by atoms with Gasteiger partial charge in [-0.05, 0) is 30.5 Å². The summed E-state index contributed by atoms with van der Waals surface area (Å²) in [5, 5.41) is 9.61. The van der Waals surface area contributed by atoms with Crippen LogP contribution in [0.1, 0.15) is 18.4 Å². The second kappa shape index (κ2) is 2.70. The van der Waals surface area contributed by atoms with Gasteiger partial charge in [0.25, 0.3) is 0 Å². The van der Waals surface area contributed by atoms with Crippen LogP contribution in [0.25, 0.3) is 0 Å². The number of rotatable bonds is 2. The van der Waals surface area contributed by atoms with Gasteiger partial charge in [0, 0.05) is 6.42 Å². The molecule has 1 aliphatic rings. The maximum absolute atomic E-state index is 12.8. The minimum atomic E-state index is -0.537. The molecule has 2 nitrogen and oxygen atoms in total. The van der Waals surface area contributed by atoms with Gasteiger partial charge in [-0.25, -0.2) is 4.39 Å². The summed E-state index contributed by atoms with van der Waals surface area (Å²) in [7, 11) is 0. The first-order chi connectivity index (χ1) is 6.09. The summed E-state index contributed by atoms with van der Waals surface area (Å²) in [6, 6.07) is 4.60. The van der Waals surface area contributed by atoms with Gasteiger partial charge in [0.2, 0.25) is 0 Å². The van der Waals surface area contributed by atoms with Crippen molar-refractivity contribution < 1.29 is 9.50 Å². The maximum atomic E-state index is 12.8. The largest absolute Gasteiger partial charge is 0.396 e. The molecule has 1 saturated carbocycles. The van der Waals surface area contributed by atoms with Crippen molar-refractivity contribution in [3.8, 4) is 0 Å². The molecule has 0 heterocycles. The molecule has 3 heteroatoms. The van der Waals surface area contributed by atoms with Crippen molar-refractivity contribution in [2.45, 2.75) is 24.9 Å². The van der Waals surface area contributed by atoms with E-state index in [4.69, 9.17) is 5.73 Å². The third-order valence-corrected chi connectivity index (χ3v) is 2.42. The monoisotopic (exact) mass is 181 g/mol. The number of nitrogens with two attached hydrogens (primary N) is 1. The molecule has 0 unspecified atom stereocenters. The zero-order valence-corrected chi connectivity index (χ0v) is 7.26. The molecule has 70 valence electrons. The second-order valence-corrected chi connectivity index (χ2v) is 3.76. The van der Waals surface area contributed by atoms with Crippen LogP contribution in [0.2, 0.25) is 0 Å². The van der Waals surface area contributed by atoms with Crippen LogP contribution >= 0.6 is 0 Å². The minimum Gasteiger partial charge on any atom is -0.396 e. The fourth-order valence-electron chi connectivity index (χ4n) is 1.40. The Bertz CT molecular complexity index is 334. The normalized spacial score (nSPS) is 18.6. The van der Waals surface area contributed by atoms with E-state index >= 15 is 0 Å². The summed E-state index contributed by atoms with van der Waals surface area (Å²) in [6.07, 6.45) is 2.26. The van der Waals surface area contributed by atoms with Gasteiger partial charge in [0.1, 0.15) is 5.82 Å². The second-order valence-electron chi connectivity index (χ2n) is 3.76. The molecule has 13 heavy (non-hydrogen) atoms. The Morgan fingerprint density at radius 2 is 2.15 bits per heavy atom.